The van der Waals surface area contributed by atoms with E-state index in [1.165, 1.54) is 16.9 Å². The number of nitriles is 1. The van der Waals surface area contributed by atoms with E-state index in [4.69, 9.17) is 5.26 Å². The third kappa shape index (κ3) is 3.11. The summed E-state index contributed by atoms with van der Waals surface area (Å²) in [5.74, 6) is 0.413. The van der Waals surface area contributed by atoms with Crippen LogP contribution in [0.15, 0.2) is 59.9 Å². The van der Waals surface area contributed by atoms with Gasteiger partial charge in [-0.3, -0.25) is 0 Å². The van der Waals surface area contributed by atoms with Crippen LogP contribution in [0.4, 0.5) is 11.5 Å². The molecule has 0 radical (unpaired) electrons. The van der Waals surface area contributed by atoms with Crippen molar-refractivity contribution in [1.29, 1.82) is 5.26 Å². The average Bonchev–Trinajstić information content (AvgIpc) is 3.03. The fraction of sp³-hybridized carbons (Fsp3) is 0.0625. The molecular weight excluding hydrogens is 326 g/mol. The number of sulfone groups is 1. The van der Waals surface area contributed by atoms with Crippen molar-refractivity contribution in [2.75, 3.05) is 11.6 Å². The summed E-state index contributed by atoms with van der Waals surface area (Å²) in [6.07, 6.45) is 5.91. The van der Waals surface area contributed by atoms with Gasteiger partial charge in [-0.2, -0.15) is 10.4 Å². The van der Waals surface area contributed by atoms with E-state index < -0.39 is 9.84 Å². The molecule has 0 bridgehead atoms. The number of rotatable bonds is 4. The molecule has 0 aliphatic rings. The second-order valence-corrected chi connectivity index (χ2v) is 7.03. The zero-order valence-electron chi connectivity index (χ0n) is 12.7. The maximum absolute atomic E-state index is 11.9. The highest BCUT2D eigenvalue weighted by Crippen LogP contribution is 2.22. The monoisotopic (exact) mass is 339 g/mol. The first kappa shape index (κ1) is 15.7. The van der Waals surface area contributed by atoms with Crippen LogP contribution >= 0.6 is 0 Å². The first-order chi connectivity index (χ1) is 11.5. The summed E-state index contributed by atoms with van der Waals surface area (Å²) in [7, 11) is -3.38. The van der Waals surface area contributed by atoms with Crippen LogP contribution in [0.2, 0.25) is 0 Å². The van der Waals surface area contributed by atoms with Crippen molar-refractivity contribution in [2.45, 2.75) is 4.90 Å². The summed E-state index contributed by atoms with van der Waals surface area (Å²) < 4.78 is 25.3. The van der Waals surface area contributed by atoms with Gasteiger partial charge in [-0.25, -0.2) is 18.1 Å². The minimum atomic E-state index is -3.38. The number of pyridine rings is 1. The fourth-order valence-electron chi connectivity index (χ4n) is 2.21. The predicted molar refractivity (Wildman–Crippen MR) is 88.9 cm³/mol. The average molecular weight is 339 g/mol. The summed E-state index contributed by atoms with van der Waals surface area (Å²) in [5, 5.41) is 16.3. The highest BCUT2D eigenvalue weighted by Gasteiger charge is 2.15. The topological polar surface area (TPSA) is 101 Å². The Morgan fingerprint density at radius 2 is 2.00 bits per heavy atom. The lowest BCUT2D eigenvalue weighted by molar-refractivity contribution is 0.600. The van der Waals surface area contributed by atoms with Crippen molar-refractivity contribution in [3.63, 3.8) is 0 Å². The van der Waals surface area contributed by atoms with Gasteiger partial charge in [0.05, 0.1) is 34.2 Å². The lowest BCUT2D eigenvalue weighted by Crippen LogP contribution is -2.05. The number of anilines is 2. The largest absolute Gasteiger partial charge is 0.337 e. The Labute approximate surface area is 139 Å². The molecule has 0 aliphatic heterocycles. The van der Waals surface area contributed by atoms with Crippen LogP contribution in [0.1, 0.15) is 5.56 Å². The van der Waals surface area contributed by atoms with Gasteiger partial charge in [0.1, 0.15) is 11.9 Å². The molecule has 0 atom stereocenters. The maximum atomic E-state index is 11.9. The van der Waals surface area contributed by atoms with Crippen molar-refractivity contribution >= 4 is 21.3 Å². The van der Waals surface area contributed by atoms with Crippen LogP contribution in [0, 0.1) is 11.3 Å². The Hall–Kier alpha value is -3.18. The molecule has 0 saturated carbocycles. The minimum absolute atomic E-state index is 0.190. The number of aromatic nitrogens is 3. The molecule has 8 heteroatoms. The predicted octanol–water partition coefficient (Wildman–Crippen LogP) is 2.29. The Kier molecular flexibility index (Phi) is 4.02. The van der Waals surface area contributed by atoms with Crippen LogP contribution in [-0.4, -0.2) is 29.4 Å². The first-order valence-corrected chi connectivity index (χ1v) is 8.84. The van der Waals surface area contributed by atoms with E-state index in [2.05, 4.69) is 21.5 Å². The molecule has 0 spiro atoms. The Balaban J connectivity index is 1.97. The van der Waals surface area contributed by atoms with Gasteiger partial charge in [0.25, 0.3) is 0 Å². The summed E-state index contributed by atoms with van der Waals surface area (Å²) >= 11 is 0. The SMILES string of the molecule is CS(=O)(=O)c1ccccc1-n1cc(Nc2ncccc2C#N)cn1. The van der Waals surface area contributed by atoms with Gasteiger partial charge in [0, 0.05) is 12.5 Å². The number of hydrogen-bond acceptors (Lipinski definition) is 6. The van der Waals surface area contributed by atoms with Gasteiger partial charge in [0.2, 0.25) is 0 Å². The Morgan fingerprint density at radius 1 is 1.21 bits per heavy atom. The molecule has 24 heavy (non-hydrogen) atoms. The van der Waals surface area contributed by atoms with Crippen LogP contribution in [-0.2, 0) is 9.84 Å². The lowest BCUT2D eigenvalue weighted by atomic mass is 10.3. The van der Waals surface area contributed by atoms with E-state index in [-0.39, 0.29) is 4.90 Å². The molecule has 120 valence electrons. The van der Waals surface area contributed by atoms with Crippen LogP contribution in [0.3, 0.4) is 0 Å². The van der Waals surface area contributed by atoms with Crippen molar-refractivity contribution in [2.24, 2.45) is 0 Å². The van der Waals surface area contributed by atoms with Crippen LogP contribution in [0.5, 0.6) is 0 Å². The highest BCUT2D eigenvalue weighted by molar-refractivity contribution is 7.90. The van der Waals surface area contributed by atoms with Gasteiger partial charge in [-0.1, -0.05) is 12.1 Å². The molecule has 1 N–H and O–H groups in total. The molecule has 3 aromatic rings. The summed E-state index contributed by atoms with van der Waals surface area (Å²) in [6.45, 7) is 0. The number of nitrogens with zero attached hydrogens (tertiary/aromatic N) is 4. The second-order valence-electron chi connectivity index (χ2n) is 5.05. The normalized spacial score (nSPS) is 11.0. The molecule has 0 amide bonds. The standard InChI is InChI=1S/C16H13N5O2S/c1-24(22,23)15-7-3-2-6-14(15)21-11-13(10-19-21)20-16-12(9-17)5-4-8-18-16/h2-8,10-11H,1H3,(H,18,20). The molecule has 0 saturated heterocycles. The van der Waals surface area contributed by atoms with Gasteiger partial charge in [-0.05, 0) is 24.3 Å². The molecule has 7 nitrogen and oxygen atoms in total. The second kappa shape index (κ2) is 6.14. The molecule has 2 heterocycles. The van der Waals surface area contributed by atoms with E-state index in [1.54, 1.807) is 42.7 Å². The summed E-state index contributed by atoms with van der Waals surface area (Å²) in [5.41, 5.74) is 1.45. The summed E-state index contributed by atoms with van der Waals surface area (Å²) in [6, 6.07) is 12.0. The molecule has 0 fully saturated rings. The molecule has 1 aromatic carbocycles. The van der Waals surface area contributed by atoms with E-state index in [0.717, 1.165) is 6.26 Å². The van der Waals surface area contributed by atoms with Crippen molar-refractivity contribution in [1.82, 2.24) is 14.8 Å². The molecular formula is C16H13N5O2S. The highest BCUT2D eigenvalue weighted by atomic mass is 32.2. The van der Waals surface area contributed by atoms with Crippen molar-refractivity contribution < 1.29 is 8.42 Å². The third-order valence-corrected chi connectivity index (χ3v) is 4.43. The third-order valence-electron chi connectivity index (χ3n) is 3.29. The Bertz CT molecular complexity index is 1030. The molecule has 3 rings (SSSR count). The zero-order chi connectivity index (χ0) is 17.2. The zero-order valence-corrected chi connectivity index (χ0v) is 13.5. The molecule has 0 aliphatic carbocycles. The fourth-order valence-corrected chi connectivity index (χ4v) is 3.08. The van der Waals surface area contributed by atoms with E-state index >= 15 is 0 Å². The van der Waals surface area contributed by atoms with Gasteiger partial charge in [0.15, 0.2) is 9.84 Å². The minimum Gasteiger partial charge on any atom is -0.337 e. The van der Waals surface area contributed by atoms with E-state index in [9.17, 15) is 8.42 Å². The van der Waals surface area contributed by atoms with Crippen LogP contribution < -0.4 is 5.32 Å². The van der Waals surface area contributed by atoms with Crippen molar-refractivity contribution in [3.05, 3.63) is 60.6 Å². The number of para-hydroxylation sites is 1. The van der Waals surface area contributed by atoms with E-state index in [0.29, 0.717) is 22.8 Å². The maximum Gasteiger partial charge on any atom is 0.177 e. The van der Waals surface area contributed by atoms with Crippen molar-refractivity contribution in [3.8, 4) is 11.8 Å². The van der Waals surface area contributed by atoms with Gasteiger partial charge >= 0.3 is 0 Å². The number of benzene rings is 1. The van der Waals surface area contributed by atoms with Crippen LogP contribution in [0.25, 0.3) is 5.69 Å². The number of nitrogens with one attached hydrogen (secondary N) is 1. The summed E-state index contributed by atoms with van der Waals surface area (Å²) in [4.78, 5) is 4.31. The van der Waals surface area contributed by atoms with E-state index in [1.807, 2.05) is 0 Å². The quantitative estimate of drug-likeness (QED) is 0.782. The smallest absolute Gasteiger partial charge is 0.177 e. The number of hydrogen-bond donors (Lipinski definition) is 1. The van der Waals surface area contributed by atoms with Gasteiger partial charge < -0.3 is 5.32 Å². The molecule has 0 unspecified atom stereocenters. The van der Waals surface area contributed by atoms with Gasteiger partial charge in [-0.15, -0.1) is 0 Å². The molecule has 2 aromatic heterocycles. The lowest BCUT2D eigenvalue weighted by Gasteiger charge is -2.07. The first-order valence-electron chi connectivity index (χ1n) is 6.95. The Morgan fingerprint density at radius 3 is 2.75 bits per heavy atom.